The molecule has 0 fully saturated rings. The molecular formula is C23H19N3O6. The minimum atomic E-state index is -0.963. The molecule has 2 aromatic heterocycles. The third-order valence-electron chi connectivity index (χ3n) is 4.99. The molecule has 0 saturated heterocycles. The Kier molecular flexibility index (Phi) is 5.46. The van der Waals surface area contributed by atoms with Gasteiger partial charge in [-0.05, 0) is 31.2 Å². The van der Waals surface area contributed by atoms with Gasteiger partial charge < -0.3 is 14.5 Å². The molecule has 0 unspecified atom stereocenters. The molecule has 4 rings (SSSR count). The van der Waals surface area contributed by atoms with E-state index in [-0.39, 0.29) is 17.0 Å². The first kappa shape index (κ1) is 20.9. The number of hydrogen-bond donors (Lipinski definition) is 1. The number of ether oxygens (including phenoxy) is 1. The van der Waals surface area contributed by atoms with Gasteiger partial charge in [-0.2, -0.15) is 0 Å². The third kappa shape index (κ3) is 3.83. The first-order chi connectivity index (χ1) is 15.4. The number of anilines is 1. The summed E-state index contributed by atoms with van der Waals surface area (Å²) < 4.78 is 13.4. The number of benzene rings is 2. The number of hydrogen-bond acceptors (Lipinski definition) is 6. The molecular weight excluding hydrogens is 414 g/mol. The Balaban J connectivity index is 1.49. The second-order valence-corrected chi connectivity index (χ2v) is 7.03. The molecule has 0 aliphatic rings. The van der Waals surface area contributed by atoms with E-state index in [0.29, 0.717) is 16.8 Å². The maximum atomic E-state index is 12.8. The monoisotopic (exact) mass is 433 g/mol. The maximum Gasteiger partial charge on any atom is 0.374 e. The molecule has 32 heavy (non-hydrogen) atoms. The predicted octanol–water partition coefficient (Wildman–Crippen LogP) is 2.39. The maximum absolute atomic E-state index is 12.8. The van der Waals surface area contributed by atoms with Crippen LogP contribution < -0.4 is 16.3 Å². The van der Waals surface area contributed by atoms with E-state index in [1.807, 2.05) is 6.07 Å². The Morgan fingerprint density at radius 2 is 1.72 bits per heavy atom. The minimum Gasteiger partial charge on any atom is -0.450 e. The van der Waals surface area contributed by atoms with Gasteiger partial charge in [-0.3, -0.25) is 19.1 Å². The molecule has 0 aliphatic carbocycles. The van der Waals surface area contributed by atoms with Crippen LogP contribution in [0.25, 0.3) is 16.7 Å². The molecule has 1 N–H and O–H groups in total. The Morgan fingerprint density at radius 1 is 1.03 bits per heavy atom. The van der Waals surface area contributed by atoms with Crippen LogP contribution in [0.5, 0.6) is 0 Å². The largest absolute Gasteiger partial charge is 0.450 e. The fraction of sp³-hybridized carbons (Fsp3) is 0.130. The van der Waals surface area contributed by atoms with Crippen LogP contribution in [0.1, 0.15) is 16.2 Å². The number of para-hydroxylation sites is 2. The predicted molar refractivity (Wildman–Crippen MR) is 117 cm³/mol. The molecule has 0 spiro atoms. The van der Waals surface area contributed by atoms with E-state index in [1.165, 1.54) is 4.68 Å². The second-order valence-electron chi connectivity index (χ2n) is 7.03. The molecule has 162 valence electrons. The summed E-state index contributed by atoms with van der Waals surface area (Å²) in [5.74, 6) is -1.98. The SMILES string of the molecule is Cc1c(NC(=O)COC(=O)c2cc(=O)c3ccccc3o2)c(=O)n(-c2ccccc2)n1C. The molecule has 2 aromatic carbocycles. The fourth-order valence-corrected chi connectivity index (χ4v) is 3.29. The molecule has 0 radical (unpaired) electrons. The van der Waals surface area contributed by atoms with Gasteiger partial charge in [0.05, 0.1) is 16.8 Å². The van der Waals surface area contributed by atoms with E-state index in [9.17, 15) is 19.2 Å². The standard InChI is InChI=1S/C23H19N3O6/c1-14-21(22(29)26(25(14)2)15-8-4-3-5-9-15)24-20(28)13-31-23(30)19-12-17(27)16-10-6-7-11-18(16)32-19/h3-12H,13H2,1-2H3,(H,24,28). The van der Waals surface area contributed by atoms with Crippen LogP contribution in [0.3, 0.4) is 0 Å². The number of nitrogens with zero attached hydrogens (tertiary/aromatic N) is 2. The number of carbonyl (C=O) groups is 2. The quantitative estimate of drug-likeness (QED) is 0.484. The number of nitrogens with one attached hydrogen (secondary N) is 1. The van der Waals surface area contributed by atoms with Crippen molar-refractivity contribution in [3.63, 3.8) is 0 Å². The van der Waals surface area contributed by atoms with Crippen LogP contribution in [0, 0.1) is 6.92 Å². The Morgan fingerprint density at radius 3 is 2.47 bits per heavy atom. The number of esters is 1. The van der Waals surface area contributed by atoms with Crippen LogP contribution in [-0.2, 0) is 16.6 Å². The van der Waals surface area contributed by atoms with Crippen molar-refractivity contribution < 1.29 is 18.7 Å². The van der Waals surface area contributed by atoms with Gasteiger partial charge in [-0.25, -0.2) is 9.48 Å². The minimum absolute atomic E-state index is 0.0784. The van der Waals surface area contributed by atoms with Crippen molar-refractivity contribution in [1.29, 1.82) is 0 Å². The van der Waals surface area contributed by atoms with Gasteiger partial charge in [0.1, 0.15) is 11.3 Å². The molecule has 2 heterocycles. The molecule has 9 heteroatoms. The smallest absolute Gasteiger partial charge is 0.374 e. The lowest BCUT2D eigenvalue weighted by Gasteiger charge is -2.07. The fourth-order valence-electron chi connectivity index (χ4n) is 3.29. The van der Waals surface area contributed by atoms with Gasteiger partial charge in [0.2, 0.25) is 5.76 Å². The van der Waals surface area contributed by atoms with Crippen molar-refractivity contribution in [3.8, 4) is 5.69 Å². The van der Waals surface area contributed by atoms with E-state index < -0.39 is 29.5 Å². The Bertz CT molecular complexity index is 1450. The molecule has 0 bridgehead atoms. The average Bonchev–Trinajstić information content (AvgIpc) is 3.01. The van der Waals surface area contributed by atoms with Crippen molar-refractivity contribution in [2.75, 3.05) is 11.9 Å². The lowest BCUT2D eigenvalue weighted by atomic mass is 10.2. The highest BCUT2D eigenvalue weighted by molar-refractivity contribution is 5.95. The van der Waals surface area contributed by atoms with Gasteiger partial charge in [0.15, 0.2) is 12.0 Å². The molecule has 1 amide bonds. The number of rotatable bonds is 5. The Hall–Kier alpha value is -4.40. The number of amides is 1. The molecule has 0 saturated carbocycles. The van der Waals surface area contributed by atoms with Crippen LogP contribution in [-0.4, -0.2) is 27.8 Å². The summed E-state index contributed by atoms with van der Waals surface area (Å²) >= 11 is 0. The molecule has 9 nitrogen and oxygen atoms in total. The van der Waals surface area contributed by atoms with Crippen molar-refractivity contribution in [2.45, 2.75) is 6.92 Å². The summed E-state index contributed by atoms with van der Waals surface area (Å²) in [7, 11) is 1.70. The first-order valence-corrected chi connectivity index (χ1v) is 9.70. The van der Waals surface area contributed by atoms with Gasteiger partial charge in [-0.1, -0.05) is 30.3 Å². The summed E-state index contributed by atoms with van der Waals surface area (Å²) in [6, 6.07) is 16.5. The van der Waals surface area contributed by atoms with Crippen molar-refractivity contribution >= 4 is 28.5 Å². The van der Waals surface area contributed by atoms with Gasteiger partial charge >= 0.3 is 5.97 Å². The van der Waals surface area contributed by atoms with E-state index >= 15 is 0 Å². The normalized spacial score (nSPS) is 10.8. The lowest BCUT2D eigenvalue weighted by Crippen LogP contribution is -2.26. The van der Waals surface area contributed by atoms with Crippen LogP contribution in [0.2, 0.25) is 0 Å². The van der Waals surface area contributed by atoms with E-state index in [0.717, 1.165) is 6.07 Å². The summed E-state index contributed by atoms with van der Waals surface area (Å²) in [5, 5.41) is 2.82. The van der Waals surface area contributed by atoms with Gasteiger partial charge in [0.25, 0.3) is 11.5 Å². The topological polar surface area (TPSA) is 113 Å². The lowest BCUT2D eigenvalue weighted by molar-refractivity contribution is -0.119. The zero-order valence-electron chi connectivity index (χ0n) is 17.3. The second kappa shape index (κ2) is 8.38. The van der Waals surface area contributed by atoms with Gasteiger partial charge in [-0.15, -0.1) is 0 Å². The highest BCUT2D eigenvalue weighted by atomic mass is 16.5. The number of aromatic nitrogens is 2. The van der Waals surface area contributed by atoms with E-state index in [1.54, 1.807) is 67.2 Å². The zero-order valence-corrected chi connectivity index (χ0v) is 17.3. The summed E-state index contributed by atoms with van der Waals surface area (Å²) in [6.07, 6.45) is 0. The molecule has 0 atom stereocenters. The van der Waals surface area contributed by atoms with E-state index in [4.69, 9.17) is 9.15 Å². The Labute approximate surface area is 181 Å². The van der Waals surface area contributed by atoms with Crippen LogP contribution in [0.4, 0.5) is 5.69 Å². The molecule has 4 aromatic rings. The van der Waals surface area contributed by atoms with Crippen LogP contribution >= 0.6 is 0 Å². The summed E-state index contributed by atoms with van der Waals surface area (Å²) in [6.45, 7) is 1.03. The van der Waals surface area contributed by atoms with Crippen molar-refractivity contribution in [2.24, 2.45) is 7.05 Å². The molecule has 0 aliphatic heterocycles. The summed E-state index contributed by atoms with van der Waals surface area (Å²) in [5.41, 5.74) is 0.661. The van der Waals surface area contributed by atoms with Gasteiger partial charge in [0, 0.05) is 13.1 Å². The van der Waals surface area contributed by atoms with E-state index in [2.05, 4.69) is 5.32 Å². The number of fused-ring (bicyclic) bond motifs is 1. The van der Waals surface area contributed by atoms with Crippen molar-refractivity contribution in [1.82, 2.24) is 9.36 Å². The highest BCUT2D eigenvalue weighted by Crippen LogP contribution is 2.15. The first-order valence-electron chi connectivity index (χ1n) is 9.70. The average molecular weight is 433 g/mol. The third-order valence-corrected chi connectivity index (χ3v) is 4.99. The zero-order chi connectivity index (χ0) is 22.8. The van der Waals surface area contributed by atoms with Crippen LogP contribution in [0.15, 0.2) is 74.7 Å². The number of carbonyl (C=O) groups excluding carboxylic acids is 2. The van der Waals surface area contributed by atoms with Crippen molar-refractivity contribution in [3.05, 3.63) is 92.7 Å². The highest BCUT2D eigenvalue weighted by Gasteiger charge is 2.20. The summed E-state index contributed by atoms with van der Waals surface area (Å²) in [4.78, 5) is 49.6.